The zero-order chi connectivity index (χ0) is 13.0. The Morgan fingerprint density at radius 1 is 1.35 bits per heavy atom. The minimum absolute atomic E-state index is 0.0645. The zero-order valence-corrected chi connectivity index (χ0v) is 11.1. The molecule has 0 radical (unpaired) electrons. The summed E-state index contributed by atoms with van der Waals surface area (Å²) in [5.41, 5.74) is 14.4. The normalized spacial score (nSPS) is 12.5. The molecule has 4 N–H and O–H groups in total. The molecule has 1 aromatic rings. The molecule has 1 amide bonds. The monoisotopic (exact) mass is 254 g/mol. The Kier molecular flexibility index (Phi) is 4.97. The summed E-state index contributed by atoms with van der Waals surface area (Å²) < 4.78 is 0. The Bertz CT molecular complexity index is 418. The van der Waals surface area contributed by atoms with Crippen LogP contribution in [0.15, 0.2) is 12.1 Å². The summed E-state index contributed by atoms with van der Waals surface area (Å²) >= 11 is 6.03. The summed E-state index contributed by atoms with van der Waals surface area (Å²) in [5, 5.41) is 0.760. The lowest BCUT2D eigenvalue weighted by Crippen LogP contribution is -2.15. The second-order valence-electron chi connectivity index (χ2n) is 4.42. The van der Waals surface area contributed by atoms with Crippen molar-refractivity contribution < 1.29 is 4.79 Å². The van der Waals surface area contributed by atoms with Crippen molar-refractivity contribution in [3.8, 4) is 0 Å². The van der Waals surface area contributed by atoms with E-state index in [-0.39, 0.29) is 11.9 Å². The van der Waals surface area contributed by atoms with E-state index in [0.29, 0.717) is 6.42 Å². The first-order valence-electron chi connectivity index (χ1n) is 5.72. The highest BCUT2D eigenvalue weighted by atomic mass is 35.5. The van der Waals surface area contributed by atoms with Gasteiger partial charge < -0.3 is 11.5 Å². The van der Waals surface area contributed by atoms with Crippen LogP contribution in [0.5, 0.6) is 0 Å². The summed E-state index contributed by atoms with van der Waals surface area (Å²) in [6.45, 7) is 3.95. The second-order valence-corrected chi connectivity index (χ2v) is 4.83. The molecule has 1 unspecified atom stereocenters. The number of carbonyl (C=O) groups excluding carboxylic acids is 1. The average molecular weight is 255 g/mol. The molecule has 0 saturated heterocycles. The van der Waals surface area contributed by atoms with Gasteiger partial charge in [0.2, 0.25) is 5.91 Å². The number of amides is 1. The van der Waals surface area contributed by atoms with Crippen LogP contribution in [0, 0.1) is 13.8 Å². The van der Waals surface area contributed by atoms with Gasteiger partial charge in [-0.3, -0.25) is 4.79 Å². The van der Waals surface area contributed by atoms with E-state index in [1.54, 1.807) is 0 Å². The fourth-order valence-corrected chi connectivity index (χ4v) is 2.07. The lowest BCUT2D eigenvalue weighted by atomic mass is 9.96. The summed E-state index contributed by atoms with van der Waals surface area (Å²) in [6, 6.07) is 3.89. The quantitative estimate of drug-likeness (QED) is 0.848. The van der Waals surface area contributed by atoms with Gasteiger partial charge in [-0.1, -0.05) is 17.7 Å². The fourth-order valence-electron chi connectivity index (χ4n) is 1.85. The third-order valence-electron chi connectivity index (χ3n) is 2.89. The molecule has 0 aliphatic heterocycles. The third kappa shape index (κ3) is 4.02. The van der Waals surface area contributed by atoms with E-state index in [1.807, 2.05) is 26.0 Å². The van der Waals surface area contributed by atoms with Crippen molar-refractivity contribution in [1.82, 2.24) is 0 Å². The van der Waals surface area contributed by atoms with Gasteiger partial charge in [0, 0.05) is 17.5 Å². The molecule has 1 rings (SSSR count). The molecule has 17 heavy (non-hydrogen) atoms. The van der Waals surface area contributed by atoms with Crippen LogP contribution in [0.4, 0.5) is 0 Å². The lowest BCUT2D eigenvalue weighted by Gasteiger charge is -2.16. The van der Waals surface area contributed by atoms with E-state index in [1.165, 1.54) is 0 Å². The highest BCUT2D eigenvalue weighted by Gasteiger charge is 2.11. The first-order valence-corrected chi connectivity index (χ1v) is 6.10. The van der Waals surface area contributed by atoms with Crippen molar-refractivity contribution >= 4 is 17.5 Å². The van der Waals surface area contributed by atoms with Crippen LogP contribution in [0.1, 0.15) is 42.0 Å². The Labute approximate surface area is 107 Å². The van der Waals surface area contributed by atoms with Gasteiger partial charge in [-0.2, -0.15) is 0 Å². The minimum atomic E-state index is -0.277. The van der Waals surface area contributed by atoms with Crippen LogP contribution in [0.25, 0.3) is 0 Å². The minimum Gasteiger partial charge on any atom is -0.370 e. The predicted molar refractivity (Wildman–Crippen MR) is 70.9 cm³/mol. The number of benzene rings is 1. The Morgan fingerprint density at radius 2 is 2.00 bits per heavy atom. The summed E-state index contributed by atoms with van der Waals surface area (Å²) in [4.78, 5) is 10.6. The van der Waals surface area contributed by atoms with Gasteiger partial charge in [0.1, 0.15) is 0 Å². The van der Waals surface area contributed by atoms with Crippen molar-refractivity contribution in [2.75, 3.05) is 0 Å². The van der Waals surface area contributed by atoms with Gasteiger partial charge in [-0.25, -0.2) is 0 Å². The average Bonchev–Trinajstić information content (AvgIpc) is 2.22. The summed E-state index contributed by atoms with van der Waals surface area (Å²) in [5.74, 6) is -0.277. The van der Waals surface area contributed by atoms with Gasteiger partial charge in [0.05, 0.1) is 0 Å². The van der Waals surface area contributed by atoms with Crippen molar-refractivity contribution in [2.24, 2.45) is 11.5 Å². The number of aryl methyl sites for hydroxylation is 2. The highest BCUT2D eigenvalue weighted by molar-refractivity contribution is 6.31. The molecular weight excluding hydrogens is 236 g/mol. The van der Waals surface area contributed by atoms with Crippen LogP contribution in [-0.4, -0.2) is 5.91 Å². The van der Waals surface area contributed by atoms with E-state index >= 15 is 0 Å². The third-order valence-corrected chi connectivity index (χ3v) is 3.29. The van der Waals surface area contributed by atoms with Crippen LogP contribution < -0.4 is 11.5 Å². The molecule has 0 fully saturated rings. The van der Waals surface area contributed by atoms with Gasteiger partial charge in [0.15, 0.2) is 0 Å². The number of primary amides is 1. The van der Waals surface area contributed by atoms with E-state index in [9.17, 15) is 4.79 Å². The molecule has 0 spiro atoms. The second kappa shape index (κ2) is 6.03. The summed E-state index contributed by atoms with van der Waals surface area (Å²) in [7, 11) is 0. The molecule has 0 heterocycles. The maximum Gasteiger partial charge on any atom is 0.217 e. The SMILES string of the molecule is Cc1cc(C(N)CCCC(N)=O)c(C)cc1Cl. The standard InChI is InChI=1S/C13H19ClN2O/c1-8-7-11(14)9(2)6-10(8)12(15)4-3-5-13(16)17/h6-7,12H,3-5,15H2,1-2H3,(H2,16,17). The smallest absolute Gasteiger partial charge is 0.217 e. The first-order chi connectivity index (χ1) is 7.91. The predicted octanol–water partition coefficient (Wildman–Crippen LogP) is 2.61. The molecule has 0 bridgehead atoms. The summed E-state index contributed by atoms with van der Waals surface area (Å²) in [6.07, 6.45) is 1.86. The maximum absolute atomic E-state index is 10.6. The molecule has 0 aromatic heterocycles. The van der Waals surface area contributed by atoms with Gasteiger partial charge in [-0.15, -0.1) is 0 Å². The number of nitrogens with two attached hydrogens (primary N) is 2. The topological polar surface area (TPSA) is 69.1 Å². The number of carbonyl (C=O) groups is 1. The van der Waals surface area contributed by atoms with Crippen molar-refractivity contribution in [3.63, 3.8) is 0 Å². The molecule has 4 heteroatoms. The molecule has 0 aliphatic carbocycles. The molecular formula is C13H19ClN2O. The molecule has 3 nitrogen and oxygen atoms in total. The van der Waals surface area contributed by atoms with Crippen LogP contribution >= 0.6 is 11.6 Å². The van der Waals surface area contributed by atoms with E-state index in [0.717, 1.165) is 34.6 Å². The maximum atomic E-state index is 10.6. The number of hydrogen-bond acceptors (Lipinski definition) is 2. The first kappa shape index (κ1) is 14.0. The lowest BCUT2D eigenvalue weighted by molar-refractivity contribution is -0.118. The van der Waals surface area contributed by atoms with E-state index in [2.05, 4.69) is 0 Å². The largest absolute Gasteiger partial charge is 0.370 e. The fraction of sp³-hybridized carbons (Fsp3) is 0.462. The highest BCUT2D eigenvalue weighted by Crippen LogP contribution is 2.26. The number of halogens is 1. The number of rotatable bonds is 5. The van der Waals surface area contributed by atoms with Crippen molar-refractivity contribution in [2.45, 2.75) is 39.2 Å². The molecule has 1 atom stereocenters. The Hall–Kier alpha value is -1.06. The van der Waals surface area contributed by atoms with Gasteiger partial charge in [-0.05, 0) is 49.4 Å². The Balaban J connectivity index is 2.71. The van der Waals surface area contributed by atoms with Crippen LogP contribution in [0.3, 0.4) is 0 Å². The zero-order valence-electron chi connectivity index (χ0n) is 10.3. The molecule has 0 aliphatic rings. The number of hydrogen-bond donors (Lipinski definition) is 2. The van der Waals surface area contributed by atoms with E-state index < -0.39 is 0 Å². The van der Waals surface area contributed by atoms with Crippen molar-refractivity contribution in [1.29, 1.82) is 0 Å². The Morgan fingerprint density at radius 3 is 2.59 bits per heavy atom. The molecule has 94 valence electrons. The van der Waals surface area contributed by atoms with Crippen LogP contribution in [0.2, 0.25) is 5.02 Å². The van der Waals surface area contributed by atoms with Crippen LogP contribution in [-0.2, 0) is 4.79 Å². The molecule has 1 aromatic carbocycles. The van der Waals surface area contributed by atoms with E-state index in [4.69, 9.17) is 23.1 Å². The molecule has 0 saturated carbocycles. The van der Waals surface area contributed by atoms with Gasteiger partial charge >= 0.3 is 0 Å². The van der Waals surface area contributed by atoms with Gasteiger partial charge in [0.25, 0.3) is 0 Å². The van der Waals surface area contributed by atoms with Crippen molar-refractivity contribution in [3.05, 3.63) is 33.8 Å².